The predicted octanol–water partition coefficient (Wildman–Crippen LogP) is 11.5. The zero-order chi connectivity index (χ0) is 23.9. The fraction of sp³-hybridized carbons (Fsp3) is 0.844. The first-order valence-electron chi connectivity index (χ1n) is 15.2. The maximum Gasteiger partial charge on any atom is 0.142 e. The molecule has 0 atom stereocenters. The van der Waals surface area contributed by atoms with Crippen LogP contribution >= 0.6 is 0 Å². The Labute approximate surface area is 209 Å². The Morgan fingerprint density at radius 3 is 0.970 bits per heavy atom. The average molecular weight is 461 g/mol. The lowest BCUT2D eigenvalue weighted by Crippen LogP contribution is -1.84. The van der Waals surface area contributed by atoms with Crippen LogP contribution in [0.25, 0.3) is 0 Å². The van der Waals surface area contributed by atoms with Gasteiger partial charge in [0.05, 0.1) is 0 Å². The van der Waals surface area contributed by atoms with Gasteiger partial charge < -0.3 is 0 Å². The molecule has 0 rings (SSSR count). The standard InChI is InChI=1S/C32H60O/c1-2-3-4-5-6-7-8-9-10-11-12-13-14-15-16-17-18-19-20-21-22-23-24-25-26-27-28-29-30-31-32-33/h28-32H,2-27H2,1H3. The van der Waals surface area contributed by atoms with Crippen molar-refractivity contribution in [3.05, 3.63) is 24.3 Å². The highest BCUT2D eigenvalue weighted by Gasteiger charge is 1.96. The lowest BCUT2D eigenvalue weighted by Gasteiger charge is -2.04. The van der Waals surface area contributed by atoms with Crippen LogP contribution in [0.3, 0.4) is 0 Å². The summed E-state index contributed by atoms with van der Waals surface area (Å²) in [6.45, 7) is 2.30. The second kappa shape index (κ2) is 31.1. The van der Waals surface area contributed by atoms with Gasteiger partial charge in [-0.15, -0.1) is 0 Å². The zero-order valence-corrected chi connectivity index (χ0v) is 22.7. The molecule has 0 aliphatic carbocycles. The third kappa shape index (κ3) is 31.1. The van der Waals surface area contributed by atoms with Crippen molar-refractivity contribution >= 4 is 6.29 Å². The van der Waals surface area contributed by atoms with Gasteiger partial charge in [0.2, 0.25) is 0 Å². The molecule has 0 unspecified atom stereocenters. The Kier molecular flexibility index (Phi) is 30.3. The van der Waals surface area contributed by atoms with Gasteiger partial charge in [0.15, 0.2) is 0 Å². The van der Waals surface area contributed by atoms with Crippen molar-refractivity contribution in [1.82, 2.24) is 0 Å². The van der Waals surface area contributed by atoms with E-state index in [9.17, 15) is 4.79 Å². The summed E-state index contributed by atoms with van der Waals surface area (Å²) in [5.41, 5.74) is 0. The van der Waals surface area contributed by atoms with Crippen LogP contribution in [0.1, 0.15) is 174 Å². The number of allylic oxidation sites excluding steroid dienone is 4. The topological polar surface area (TPSA) is 17.1 Å². The Hall–Kier alpha value is -0.850. The summed E-state index contributed by atoms with van der Waals surface area (Å²) in [5.74, 6) is 0. The van der Waals surface area contributed by atoms with Crippen LogP contribution in [0.5, 0.6) is 0 Å². The van der Waals surface area contributed by atoms with E-state index in [0.717, 1.165) is 12.7 Å². The van der Waals surface area contributed by atoms with Crippen molar-refractivity contribution in [1.29, 1.82) is 0 Å². The molecule has 0 aromatic heterocycles. The normalized spacial score (nSPS) is 11.8. The molecule has 1 nitrogen and oxygen atoms in total. The van der Waals surface area contributed by atoms with Crippen LogP contribution < -0.4 is 0 Å². The molecule has 194 valence electrons. The molecular formula is C32H60O. The molecule has 0 saturated heterocycles. The van der Waals surface area contributed by atoms with Gasteiger partial charge in [0.1, 0.15) is 6.29 Å². The van der Waals surface area contributed by atoms with Crippen molar-refractivity contribution in [3.8, 4) is 0 Å². The minimum Gasteiger partial charge on any atom is -0.299 e. The first kappa shape index (κ1) is 32.1. The second-order valence-corrected chi connectivity index (χ2v) is 10.2. The smallest absolute Gasteiger partial charge is 0.142 e. The lowest BCUT2D eigenvalue weighted by atomic mass is 10.0. The number of unbranched alkanes of at least 4 members (excludes halogenated alkanes) is 25. The molecule has 0 N–H and O–H groups in total. The number of carbonyl (C=O) groups is 1. The summed E-state index contributed by atoms with van der Waals surface area (Å²) >= 11 is 0. The number of hydrogen-bond acceptors (Lipinski definition) is 1. The molecule has 0 aromatic rings. The molecule has 0 amide bonds. The van der Waals surface area contributed by atoms with Crippen LogP contribution in [0.4, 0.5) is 0 Å². The Balaban J connectivity index is 3.04. The van der Waals surface area contributed by atoms with E-state index in [2.05, 4.69) is 13.0 Å². The summed E-state index contributed by atoms with van der Waals surface area (Å²) in [4.78, 5) is 10.1. The average Bonchev–Trinajstić information content (AvgIpc) is 2.83. The summed E-state index contributed by atoms with van der Waals surface area (Å²) in [5, 5.41) is 0. The number of aldehydes is 1. The maximum atomic E-state index is 10.1. The third-order valence-corrected chi connectivity index (χ3v) is 6.91. The second-order valence-electron chi connectivity index (χ2n) is 10.2. The minimum absolute atomic E-state index is 0.825. The van der Waals surface area contributed by atoms with E-state index in [1.54, 1.807) is 0 Å². The molecule has 0 spiro atoms. The maximum absolute atomic E-state index is 10.1. The molecule has 0 radical (unpaired) electrons. The summed E-state index contributed by atoms with van der Waals surface area (Å²) < 4.78 is 0. The van der Waals surface area contributed by atoms with Crippen LogP contribution in [0, 0.1) is 0 Å². The van der Waals surface area contributed by atoms with Gasteiger partial charge in [-0.05, 0) is 18.9 Å². The van der Waals surface area contributed by atoms with Crippen molar-refractivity contribution in [2.24, 2.45) is 0 Å². The van der Waals surface area contributed by atoms with E-state index < -0.39 is 0 Å². The summed E-state index contributed by atoms with van der Waals surface area (Å²) in [6, 6.07) is 0. The first-order valence-corrected chi connectivity index (χ1v) is 15.2. The highest BCUT2D eigenvalue weighted by molar-refractivity contribution is 5.65. The van der Waals surface area contributed by atoms with E-state index >= 15 is 0 Å². The Morgan fingerprint density at radius 1 is 0.364 bits per heavy atom. The number of rotatable bonds is 28. The molecule has 0 bridgehead atoms. The van der Waals surface area contributed by atoms with E-state index in [1.165, 1.54) is 167 Å². The molecule has 0 aromatic carbocycles. The van der Waals surface area contributed by atoms with Gasteiger partial charge in [-0.2, -0.15) is 0 Å². The molecule has 0 saturated carbocycles. The van der Waals surface area contributed by atoms with Crippen LogP contribution in [-0.4, -0.2) is 6.29 Å². The number of carbonyl (C=O) groups excluding carboxylic acids is 1. The van der Waals surface area contributed by atoms with Crippen molar-refractivity contribution in [2.45, 2.75) is 174 Å². The molecule has 0 aliphatic rings. The summed E-state index contributed by atoms with van der Waals surface area (Å²) in [7, 11) is 0. The fourth-order valence-corrected chi connectivity index (χ4v) is 4.69. The summed E-state index contributed by atoms with van der Waals surface area (Å²) in [6.07, 6.45) is 45.6. The van der Waals surface area contributed by atoms with E-state index in [4.69, 9.17) is 0 Å². The lowest BCUT2D eigenvalue weighted by molar-refractivity contribution is -0.104. The highest BCUT2D eigenvalue weighted by atomic mass is 16.1. The van der Waals surface area contributed by atoms with Crippen LogP contribution in [-0.2, 0) is 4.79 Å². The first-order chi connectivity index (χ1) is 16.4. The van der Waals surface area contributed by atoms with Crippen molar-refractivity contribution < 1.29 is 4.79 Å². The molecule has 0 heterocycles. The zero-order valence-electron chi connectivity index (χ0n) is 22.7. The van der Waals surface area contributed by atoms with Gasteiger partial charge in [-0.25, -0.2) is 0 Å². The van der Waals surface area contributed by atoms with Gasteiger partial charge >= 0.3 is 0 Å². The molecule has 0 fully saturated rings. The third-order valence-electron chi connectivity index (χ3n) is 6.91. The molecule has 1 heteroatoms. The minimum atomic E-state index is 0.825. The van der Waals surface area contributed by atoms with E-state index in [0.29, 0.717) is 0 Å². The monoisotopic (exact) mass is 460 g/mol. The van der Waals surface area contributed by atoms with Gasteiger partial charge in [0, 0.05) is 0 Å². The van der Waals surface area contributed by atoms with Crippen LogP contribution in [0.2, 0.25) is 0 Å². The van der Waals surface area contributed by atoms with Gasteiger partial charge in [0.25, 0.3) is 0 Å². The predicted molar refractivity (Wildman–Crippen MR) is 150 cm³/mol. The molecule has 0 aliphatic heterocycles. The van der Waals surface area contributed by atoms with Crippen molar-refractivity contribution in [3.63, 3.8) is 0 Å². The Morgan fingerprint density at radius 2 is 0.667 bits per heavy atom. The highest BCUT2D eigenvalue weighted by Crippen LogP contribution is 2.16. The SMILES string of the molecule is CCCCCCCCCCCCCCCCCCCCCCCCCCCC=CC=CC=O. The molecular weight excluding hydrogens is 400 g/mol. The number of hydrogen-bond donors (Lipinski definition) is 0. The van der Waals surface area contributed by atoms with E-state index in [-0.39, 0.29) is 0 Å². The van der Waals surface area contributed by atoms with E-state index in [1.807, 2.05) is 12.2 Å². The Bertz CT molecular complexity index is 409. The van der Waals surface area contributed by atoms with Gasteiger partial charge in [-0.3, -0.25) is 4.79 Å². The largest absolute Gasteiger partial charge is 0.299 e. The van der Waals surface area contributed by atoms with Crippen molar-refractivity contribution in [2.75, 3.05) is 0 Å². The van der Waals surface area contributed by atoms with Crippen LogP contribution in [0.15, 0.2) is 24.3 Å². The van der Waals surface area contributed by atoms with Gasteiger partial charge in [-0.1, -0.05) is 179 Å². The fourth-order valence-electron chi connectivity index (χ4n) is 4.69. The molecule has 33 heavy (non-hydrogen) atoms. The quantitative estimate of drug-likeness (QED) is 0.0491.